The first-order valence-electron chi connectivity index (χ1n) is 10.8. The van der Waals surface area contributed by atoms with E-state index in [2.05, 4.69) is 73.3 Å². The molecule has 1 atom stereocenters. The molecule has 3 rings (SSSR count). The van der Waals surface area contributed by atoms with Crippen molar-refractivity contribution in [2.24, 2.45) is 5.41 Å². The zero-order chi connectivity index (χ0) is 22.9. The zero-order valence-corrected chi connectivity index (χ0v) is 21.8. The van der Waals surface area contributed by atoms with E-state index in [0.29, 0.717) is 12.0 Å². The van der Waals surface area contributed by atoms with Gasteiger partial charge in [-0.25, -0.2) is 9.97 Å². The number of piperidine rings is 1. The fourth-order valence-electron chi connectivity index (χ4n) is 2.85. The van der Waals surface area contributed by atoms with Gasteiger partial charge in [-0.3, -0.25) is 0 Å². The average molecular weight is 514 g/mol. The van der Waals surface area contributed by atoms with Gasteiger partial charge >= 0.3 is 0 Å². The number of aromatic nitrogens is 2. The van der Waals surface area contributed by atoms with E-state index < -0.39 is 5.60 Å². The van der Waals surface area contributed by atoms with E-state index in [1.54, 1.807) is 18.9 Å². The summed E-state index contributed by atoms with van der Waals surface area (Å²) in [5.41, 5.74) is 0.0665. The first kappa shape index (κ1) is 26.3. The summed E-state index contributed by atoms with van der Waals surface area (Å²) >= 11 is 4.95. The fraction of sp³-hybridized carbons (Fsp3) is 0.652. The Kier molecular flexibility index (Phi) is 10.5. The van der Waals surface area contributed by atoms with E-state index in [-0.39, 0.29) is 5.41 Å². The van der Waals surface area contributed by atoms with Crippen LogP contribution in [0.1, 0.15) is 40.5 Å². The Morgan fingerprint density at radius 1 is 1.32 bits per heavy atom. The maximum atomic E-state index is 10.3. The van der Waals surface area contributed by atoms with Gasteiger partial charge in [-0.2, -0.15) is 0 Å². The van der Waals surface area contributed by atoms with Crippen molar-refractivity contribution in [3.05, 3.63) is 24.4 Å². The number of rotatable bonds is 8. The first-order valence-corrected chi connectivity index (χ1v) is 12.9. The normalized spacial score (nSPS) is 17.2. The number of benzene rings is 1. The van der Waals surface area contributed by atoms with Gasteiger partial charge in [0, 0.05) is 52.7 Å². The van der Waals surface area contributed by atoms with E-state index in [0.717, 1.165) is 48.1 Å². The van der Waals surface area contributed by atoms with Gasteiger partial charge < -0.3 is 20.5 Å². The molecule has 1 aliphatic rings. The number of hydrogen-bond donors (Lipinski definition) is 3. The van der Waals surface area contributed by atoms with Gasteiger partial charge in [-0.1, -0.05) is 29.8 Å². The molecule has 1 aliphatic heterocycles. The number of nitrogens with one attached hydrogen (secondary N) is 2. The highest BCUT2D eigenvalue weighted by atomic mass is 79.9. The van der Waals surface area contributed by atoms with Gasteiger partial charge in [0.2, 0.25) is 5.95 Å². The number of aliphatic hydroxyl groups is 1. The summed E-state index contributed by atoms with van der Waals surface area (Å²) in [6, 6.07) is 6.69. The zero-order valence-electron chi connectivity index (χ0n) is 19.4. The van der Waals surface area contributed by atoms with E-state index in [9.17, 15) is 5.11 Å². The highest BCUT2D eigenvalue weighted by Gasteiger charge is 2.34. The van der Waals surface area contributed by atoms with E-state index in [1.165, 1.54) is 11.3 Å². The molecule has 0 spiro atoms. The first-order chi connectivity index (χ1) is 14.7. The molecule has 1 aromatic heterocycles. The molecule has 174 valence electrons. The molecule has 0 bridgehead atoms. The van der Waals surface area contributed by atoms with Crippen molar-refractivity contribution in [1.82, 2.24) is 15.3 Å². The van der Waals surface area contributed by atoms with Crippen LogP contribution in [0, 0.1) is 5.41 Å². The lowest BCUT2D eigenvalue weighted by atomic mass is 9.79. The molecule has 1 saturated heterocycles. The second-order valence-corrected chi connectivity index (χ2v) is 10.9. The number of ether oxygens (including phenoxy) is 1. The molecule has 0 radical (unpaired) electrons. The van der Waals surface area contributed by atoms with Crippen LogP contribution in [0.2, 0.25) is 0 Å². The lowest BCUT2D eigenvalue weighted by molar-refractivity contribution is -0.0210. The molecule has 1 unspecified atom stereocenters. The second-order valence-electron chi connectivity index (χ2n) is 9.02. The fourth-order valence-corrected chi connectivity index (χ4v) is 4.42. The van der Waals surface area contributed by atoms with Crippen molar-refractivity contribution in [3.8, 4) is 0 Å². The molecule has 6 nitrogen and oxygen atoms in total. The van der Waals surface area contributed by atoms with Crippen LogP contribution in [0.15, 0.2) is 29.3 Å². The Balaban J connectivity index is 0.000000614. The summed E-state index contributed by atoms with van der Waals surface area (Å²) in [6.07, 6.45) is 4.24. The third kappa shape index (κ3) is 8.50. The standard InChI is InChI=1S/C20H30N4OS.C3H7BrO/c1-19(2,20(3,4)25)13-26-16-7-8-17-14(10-16)11-22-18(24-17)23-15-6-5-9-21-12-15;1-5-3-2-4/h7-8,10-11,15,21,25H,5-6,9,12-13H2,1-4H3,(H,22,23,24);2-3H2,1H3. The summed E-state index contributed by atoms with van der Waals surface area (Å²) in [5.74, 6) is 1.55. The second kappa shape index (κ2) is 12.3. The minimum atomic E-state index is -0.714. The highest BCUT2D eigenvalue weighted by Crippen LogP contribution is 2.36. The van der Waals surface area contributed by atoms with Crippen LogP contribution >= 0.6 is 27.7 Å². The molecular weight excluding hydrogens is 476 g/mol. The van der Waals surface area contributed by atoms with Crippen molar-refractivity contribution in [2.45, 2.75) is 57.1 Å². The molecule has 8 heteroatoms. The largest absolute Gasteiger partial charge is 0.390 e. The maximum Gasteiger partial charge on any atom is 0.223 e. The van der Waals surface area contributed by atoms with Crippen LogP contribution < -0.4 is 10.6 Å². The number of fused-ring (bicyclic) bond motifs is 1. The van der Waals surface area contributed by atoms with Gasteiger partial charge in [-0.15, -0.1) is 11.8 Å². The SMILES string of the molecule is CC(C)(O)C(C)(C)CSc1ccc2nc(NC3CCCNC3)ncc2c1.COCCBr. The molecule has 3 N–H and O–H groups in total. The Morgan fingerprint density at radius 2 is 2.10 bits per heavy atom. The number of methoxy groups -OCH3 is 1. The number of thioether (sulfide) groups is 1. The molecule has 31 heavy (non-hydrogen) atoms. The van der Waals surface area contributed by atoms with Gasteiger partial charge in [0.25, 0.3) is 0 Å². The summed E-state index contributed by atoms with van der Waals surface area (Å²) in [7, 11) is 1.68. The van der Waals surface area contributed by atoms with Crippen LogP contribution in [0.25, 0.3) is 10.9 Å². The summed E-state index contributed by atoms with van der Waals surface area (Å²) in [5, 5.41) is 19.1. The topological polar surface area (TPSA) is 79.3 Å². The Hall–Kier alpha value is -0.930. The predicted octanol–water partition coefficient (Wildman–Crippen LogP) is 4.71. The smallest absolute Gasteiger partial charge is 0.223 e. The van der Waals surface area contributed by atoms with Crippen LogP contribution in [0.3, 0.4) is 0 Å². The third-order valence-electron chi connectivity index (χ3n) is 5.72. The number of anilines is 1. The number of hydrogen-bond acceptors (Lipinski definition) is 7. The number of alkyl halides is 1. The average Bonchev–Trinajstić information content (AvgIpc) is 2.73. The van der Waals surface area contributed by atoms with Crippen LogP contribution in [0.5, 0.6) is 0 Å². The Labute approximate surface area is 199 Å². The van der Waals surface area contributed by atoms with E-state index in [4.69, 9.17) is 0 Å². The highest BCUT2D eigenvalue weighted by molar-refractivity contribution is 9.09. The molecule has 0 aliphatic carbocycles. The van der Waals surface area contributed by atoms with Gasteiger partial charge in [0.1, 0.15) is 0 Å². The van der Waals surface area contributed by atoms with Crippen molar-refractivity contribution >= 4 is 44.5 Å². The molecule has 2 heterocycles. The van der Waals surface area contributed by atoms with Gasteiger partial charge in [-0.05, 0) is 51.4 Å². The van der Waals surface area contributed by atoms with E-state index in [1.807, 2.05) is 20.0 Å². The minimum absolute atomic E-state index is 0.176. The maximum absolute atomic E-state index is 10.3. The quantitative estimate of drug-likeness (QED) is 0.349. The lowest BCUT2D eigenvalue weighted by Gasteiger charge is -2.37. The Morgan fingerprint density at radius 3 is 2.68 bits per heavy atom. The van der Waals surface area contributed by atoms with Crippen molar-refractivity contribution in [3.63, 3.8) is 0 Å². The predicted molar refractivity (Wildman–Crippen MR) is 136 cm³/mol. The molecular formula is C23H37BrN4O2S. The number of nitrogens with zero attached hydrogens (tertiary/aromatic N) is 2. The van der Waals surface area contributed by atoms with Crippen molar-refractivity contribution in [2.75, 3.05) is 43.2 Å². The van der Waals surface area contributed by atoms with Crippen LogP contribution in [0.4, 0.5) is 5.95 Å². The third-order valence-corrected chi connectivity index (χ3v) is 7.50. The van der Waals surface area contributed by atoms with Crippen LogP contribution in [-0.4, -0.2) is 64.6 Å². The molecule has 0 amide bonds. The van der Waals surface area contributed by atoms with Crippen molar-refractivity contribution < 1.29 is 9.84 Å². The van der Waals surface area contributed by atoms with Gasteiger partial charge in [0.05, 0.1) is 17.7 Å². The number of halogens is 1. The molecule has 2 aromatic rings. The Bertz CT molecular complexity index is 806. The van der Waals surface area contributed by atoms with Crippen molar-refractivity contribution in [1.29, 1.82) is 0 Å². The minimum Gasteiger partial charge on any atom is -0.390 e. The summed E-state index contributed by atoms with van der Waals surface area (Å²) in [4.78, 5) is 10.3. The van der Waals surface area contributed by atoms with Gasteiger partial charge in [0.15, 0.2) is 0 Å². The summed E-state index contributed by atoms with van der Waals surface area (Å²) < 4.78 is 4.64. The van der Waals surface area contributed by atoms with Crippen LogP contribution in [-0.2, 0) is 4.74 Å². The lowest BCUT2D eigenvalue weighted by Crippen LogP contribution is -2.40. The monoisotopic (exact) mass is 512 g/mol. The molecule has 1 aromatic carbocycles. The summed E-state index contributed by atoms with van der Waals surface area (Å²) in [6.45, 7) is 10.8. The van der Waals surface area contributed by atoms with E-state index >= 15 is 0 Å². The molecule has 0 saturated carbocycles. The molecule has 1 fully saturated rings.